The monoisotopic (exact) mass is 355 g/mol. The van der Waals surface area contributed by atoms with E-state index in [2.05, 4.69) is 0 Å². The molecule has 0 unspecified atom stereocenters. The molecule has 0 saturated heterocycles. The minimum Gasteiger partial charge on any atom is -0.478 e. The summed E-state index contributed by atoms with van der Waals surface area (Å²) in [6.45, 7) is 0. The summed E-state index contributed by atoms with van der Waals surface area (Å²) in [6, 6.07) is 6.76. The standard InChI is InChI=1S/C19H17NO6/c1-25-18(23)15-5-3-4-12-20(17(15)19(24)26-2)14-9-6-13(7-10-14)8-11-16(21)22/h3-12H,1-2H3,(H,21,22). The van der Waals surface area contributed by atoms with Crippen LogP contribution in [0.15, 0.2) is 66.0 Å². The van der Waals surface area contributed by atoms with Gasteiger partial charge in [-0.05, 0) is 35.9 Å². The fourth-order valence-corrected chi connectivity index (χ4v) is 2.28. The highest BCUT2D eigenvalue weighted by Gasteiger charge is 2.27. The van der Waals surface area contributed by atoms with Crippen molar-refractivity contribution < 1.29 is 29.0 Å². The molecule has 1 heterocycles. The van der Waals surface area contributed by atoms with Gasteiger partial charge in [0.25, 0.3) is 0 Å². The molecule has 7 nitrogen and oxygen atoms in total. The number of aliphatic carboxylic acids is 1. The number of carbonyl (C=O) groups is 3. The quantitative estimate of drug-likeness (QED) is 0.640. The SMILES string of the molecule is COC(=O)C1=C(C(=O)OC)N(c2ccc(C=CC(=O)O)cc2)C=CC=C1. The maximum atomic E-state index is 12.3. The van der Waals surface area contributed by atoms with E-state index in [1.165, 1.54) is 31.3 Å². The number of carboxylic acid groups (broad SMARTS) is 1. The van der Waals surface area contributed by atoms with Crippen molar-refractivity contribution in [2.45, 2.75) is 0 Å². The summed E-state index contributed by atoms with van der Waals surface area (Å²) in [4.78, 5) is 36.5. The van der Waals surface area contributed by atoms with Crippen LogP contribution in [0.1, 0.15) is 5.56 Å². The number of carboxylic acids is 1. The highest BCUT2D eigenvalue weighted by atomic mass is 16.5. The maximum absolute atomic E-state index is 12.3. The lowest BCUT2D eigenvalue weighted by molar-refractivity contribution is -0.139. The molecule has 0 fully saturated rings. The van der Waals surface area contributed by atoms with Crippen molar-refractivity contribution in [2.24, 2.45) is 0 Å². The molecule has 1 N–H and O–H groups in total. The topological polar surface area (TPSA) is 93.1 Å². The van der Waals surface area contributed by atoms with E-state index < -0.39 is 17.9 Å². The maximum Gasteiger partial charge on any atom is 0.355 e. The molecule has 134 valence electrons. The van der Waals surface area contributed by atoms with Gasteiger partial charge in [0, 0.05) is 18.0 Å². The van der Waals surface area contributed by atoms with E-state index in [-0.39, 0.29) is 11.3 Å². The van der Waals surface area contributed by atoms with Crippen LogP contribution in [-0.2, 0) is 23.9 Å². The largest absolute Gasteiger partial charge is 0.478 e. The highest BCUT2D eigenvalue weighted by Crippen LogP contribution is 2.26. The summed E-state index contributed by atoms with van der Waals surface area (Å²) in [5.74, 6) is -2.41. The minimum atomic E-state index is -1.05. The molecule has 1 aromatic rings. The average Bonchev–Trinajstić information content (AvgIpc) is 2.88. The molecule has 7 heteroatoms. The smallest absolute Gasteiger partial charge is 0.355 e. The van der Waals surface area contributed by atoms with Crippen LogP contribution >= 0.6 is 0 Å². The number of ether oxygens (including phenoxy) is 2. The number of allylic oxidation sites excluding steroid dienone is 2. The first-order valence-electron chi connectivity index (χ1n) is 7.54. The molecule has 0 aromatic heterocycles. The number of benzene rings is 1. The van der Waals surface area contributed by atoms with Gasteiger partial charge in [0.2, 0.25) is 0 Å². The van der Waals surface area contributed by atoms with Gasteiger partial charge in [-0.1, -0.05) is 18.2 Å². The first-order valence-corrected chi connectivity index (χ1v) is 7.54. The number of carbonyl (C=O) groups excluding carboxylic acids is 2. The Morgan fingerprint density at radius 1 is 1.00 bits per heavy atom. The van der Waals surface area contributed by atoms with E-state index >= 15 is 0 Å². The molecule has 0 bridgehead atoms. The van der Waals surface area contributed by atoms with E-state index in [9.17, 15) is 14.4 Å². The predicted octanol–water partition coefficient (Wildman–Crippen LogP) is 2.27. The van der Waals surface area contributed by atoms with E-state index in [1.54, 1.807) is 42.6 Å². The second kappa shape index (κ2) is 8.48. The predicted molar refractivity (Wildman–Crippen MR) is 94.9 cm³/mol. The zero-order valence-corrected chi connectivity index (χ0v) is 14.2. The molecule has 1 aromatic carbocycles. The Kier molecular flexibility index (Phi) is 6.10. The Morgan fingerprint density at radius 2 is 1.65 bits per heavy atom. The Hall–Kier alpha value is -3.61. The number of hydrogen-bond acceptors (Lipinski definition) is 6. The lowest BCUT2D eigenvalue weighted by Gasteiger charge is -2.23. The van der Waals surface area contributed by atoms with Crippen molar-refractivity contribution in [3.63, 3.8) is 0 Å². The van der Waals surface area contributed by atoms with Gasteiger partial charge in [-0.25, -0.2) is 14.4 Å². The molecule has 1 aliphatic heterocycles. The van der Waals surface area contributed by atoms with Crippen molar-refractivity contribution in [3.05, 3.63) is 71.6 Å². The zero-order chi connectivity index (χ0) is 19.1. The number of esters is 2. The summed E-state index contributed by atoms with van der Waals surface area (Å²) < 4.78 is 9.57. The third-order valence-electron chi connectivity index (χ3n) is 3.48. The summed E-state index contributed by atoms with van der Waals surface area (Å²) in [7, 11) is 2.45. The Bertz CT molecular complexity index is 830. The third-order valence-corrected chi connectivity index (χ3v) is 3.48. The molecule has 0 amide bonds. The van der Waals surface area contributed by atoms with Gasteiger partial charge in [-0.3, -0.25) is 0 Å². The molecule has 26 heavy (non-hydrogen) atoms. The normalized spacial score (nSPS) is 13.7. The van der Waals surface area contributed by atoms with Crippen LogP contribution in [-0.4, -0.2) is 37.2 Å². The van der Waals surface area contributed by atoms with Crippen LogP contribution in [0.5, 0.6) is 0 Å². The van der Waals surface area contributed by atoms with Gasteiger partial charge in [-0.15, -0.1) is 0 Å². The molecular formula is C19H17NO6. The molecule has 2 rings (SSSR count). The van der Waals surface area contributed by atoms with Crippen LogP contribution < -0.4 is 4.90 Å². The number of anilines is 1. The Morgan fingerprint density at radius 3 is 2.23 bits per heavy atom. The molecule has 1 aliphatic rings. The molecule has 0 radical (unpaired) electrons. The molecular weight excluding hydrogens is 338 g/mol. The molecule has 0 spiro atoms. The van der Waals surface area contributed by atoms with Gasteiger partial charge in [0.15, 0.2) is 0 Å². The van der Waals surface area contributed by atoms with Crippen LogP contribution in [0.25, 0.3) is 6.08 Å². The van der Waals surface area contributed by atoms with Crippen LogP contribution in [0.2, 0.25) is 0 Å². The molecule has 0 saturated carbocycles. The minimum absolute atomic E-state index is 0.0122. The third kappa shape index (κ3) is 4.27. The summed E-state index contributed by atoms with van der Waals surface area (Å²) in [5.41, 5.74) is 1.32. The van der Waals surface area contributed by atoms with Gasteiger partial charge in [0.05, 0.1) is 19.8 Å². The fourth-order valence-electron chi connectivity index (χ4n) is 2.28. The van der Waals surface area contributed by atoms with E-state index in [0.29, 0.717) is 11.3 Å². The van der Waals surface area contributed by atoms with Crippen LogP contribution in [0, 0.1) is 0 Å². The molecule has 0 aliphatic carbocycles. The van der Waals surface area contributed by atoms with Crippen molar-refractivity contribution in [3.8, 4) is 0 Å². The second-order valence-corrected chi connectivity index (χ2v) is 5.08. The first kappa shape index (κ1) is 18.7. The lowest BCUT2D eigenvalue weighted by Crippen LogP contribution is -2.26. The first-order chi connectivity index (χ1) is 12.5. The number of rotatable bonds is 5. The van der Waals surface area contributed by atoms with E-state index in [0.717, 1.165) is 6.08 Å². The van der Waals surface area contributed by atoms with Crippen LogP contribution in [0.4, 0.5) is 5.69 Å². The second-order valence-electron chi connectivity index (χ2n) is 5.08. The van der Waals surface area contributed by atoms with Crippen molar-refractivity contribution in [1.29, 1.82) is 0 Å². The number of nitrogens with zero attached hydrogens (tertiary/aromatic N) is 1. The van der Waals surface area contributed by atoms with Crippen molar-refractivity contribution in [1.82, 2.24) is 0 Å². The van der Waals surface area contributed by atoms with Gasteiger partial charge in [0.1, 0.15) is 5.70 Å². The van der Waals surface area contributed by atoms with Gasteiger partial charge in [-0.2, -0.15) is 0 Å². The number of hydrogen-bond donors (Lipinski definition) is 1. The summed E-state index contributed by atoms with van der Waals surface area (Å²) in [6.07, 6.45) is 8.83. The van der Waals surface area contributed by atoms with E-state index in [1.807, 2.05) is 0 Å². The van der Waals surface area contributed by atoms with Crippen molar-refractivity contribution >= 4 is 29.7 Å². The fraction of sp³-hybridized carbons (Fsp3) is 0.105. The van der Waals surface area contributed by atoms with Gasteiger partial charge < -0.3 is 19.5 Å². The Labute approximate surface area is 150 Å². The zero-order valence-electron chi connectivity index (χ0n) is 14.2. The van der Waals surface area contributed by atoms with Crippen molar-refractivity contribution in [2.75, 3.05) is 19.1 Å². The lowest BCUT2D eigenvalue weighted by atomic mass is 10.1. The van der Waals surface area contributed by atoms with Crippen LogP contribution in [0.3, 0.4) is 0 Å². The summed E-state index contributed by atoms with van der Waals surface area (Å²) >= 11 is 0. The summed E-state index contributed by atoms with van der Waals surface area (Å²) in [5, 5.41) is 8.68. The average molecular weight is 355 g/mol. The molecule has 0 atom stereocenters. The highest BCUT2D eigenvalue weighted by molar-refractivity contribution is 6.05. The van der Waals surface area contributed by atoms with E-state index in [4.69, 9.17) is 14.6 Å². The van der Waals surface area contributed by atoms with Gasteiger partial charge >= 0.3 is 17.9 Å². The number of methoxy groups -OCH3 is 2. The Balaban J connectivity index is 2.49.